The van der Waals surface area contributed by atoms with Gasteiger partial charge in [-0.2, -0.15) is 0 Å². The monoisotopic (exact) mass is 261 g/mol. The van der Waals surface area contributed by atoms with Crippen molar-refractivity contribution in [3.05, 3.63) is 78.9 Å². The van der Waals surface area contributed by atoms with Gasteiger partial charge in [-0.25, -0.2) is 0 Å². The van der Waals surface area contributed by atoms with Gasteiger partial charge >= 0.3 is 0 Å². The Balaban J connectivity index is 1.90. The van der Waals surface area contributed by atoms with Crippen LogP contribution in [0, 0.1) is 6.07 Å². The third-order valence-corrected chi connectivity index (χ3v) is 2.92. The van der Waals surface area contributed by atoms with Crippen LogP contribution in [0.25, 0.3) is 11.1 Å². The minimum absolute atomic E-state index is 0.247. The molecule has 0 bridgehead atoms. The first-order chi connectivity index (χ1) is 9.81. The fraction of sp³-hybridized carbons (Fsp3) is 0. The van der Waals surface area contributed by atoms with E-state index >= 15 is 0 Å². The van der Waals surface area contributed by atoms with E-state index in [2.05, 4.69) is 6.07 Å². The number of phenols is 1. The summed E-state index contributed by atoms with van der Waals surface area (Å²) in [5.41, 5.74) is 1.88. The van der Waals surface area contributed by atoms with Crippen molar-refractivity contribution in [3.63, 3.8) is 0 Å². The van der Waals surface area contributed by atoms with Crippen LogP contribution in [0.15, 0.2) is 72.8 Å². The van der Waals surface area contributed by atoms with Crippen molar-refractivity contribution >= 4 is 0 Å². The molecule has 3 aromatic carbocycles. The zero-order valence-electron chi connectivity index (χ0n) is 10.8. The maximum absolute atomic E-state index is 9.54. The maximum atomic E-state index is 9.54. The molecule has 3 aromatic rings. The van der Waals surface area contributed by atoms with Gasteiger partial charge in [-0.05, 0) is 59.7 Å². The molecule has 3 rings (SSSR count). The molecule has 0 saturated carbocycles. The Morgan fingerprint density at radius 1 is 0.750 bits per heavy atom. The second kappa shape index (κ2) is 5.49. The molecule has 2 nitrogen and oxygen atoms in total. The summed E-state index contributed by atoms with van der Waals surface area (Å²) in [6, 6.07) is 25.4. The van der Waals surface area contributed by atoms with Gasteiger partial charge in [0.15, 0.2) is 0 Å². The van der Waals surface area contributed by atoms with Crippen molar-refractivity contribution < 1.29 is 9.84 Å². The normalized spacial score (nSPS) is 10.2. The molecule has 1 radical (unpaired) electrons. The summed E-state index contributed by atoms with van der Waals surface area (Å²) in [5, 5.41) is 9.54. The lowest BCUT2D eigenvalue weighted by molar-refractivity contribution is 0.475. The molecular formula is C18H13O2. The zero-order valence-corrected chi connectivity index (χ0v) is 10.8. The Labute approximate surface area is 117 Å². The van der Waals surface area contributed by atoms with E-state index in [4.69, 9.17) is 4.74 Å². The largest absolute Gasteiger partial charge is 0.508 e. The lowest BCUT2D eigenvalue weighted by Crippen LogP contribution is -1.85. The van der Waals surface area contributed by atoms with Gasteiger partial charge < -0.3 is 9.84 Å². The van der Waals surface area contributed by atoms with E-state index in [-0.39, 0.29) is 5.75 Å². The molecule has 0 fully saturated rings. The SMILES string of the molecule is Oc1cccc(-c2c[c]cc(Oc3ccccc3)c2)c1. The number of hydrogen-bond acceptors (Lipinski definition) is 2. The Morgan fingerprint density at radius 3 is 2.40 bits per heavy atom. The number of ether oxygens (including phenoxy) is 1. The first kappa shape index (κ1) is 12.3. The highest BCUT2D eigenvalue weighted by atomic mass is 16.5. The first-order valence-corrected chi connectivity index (χ1v) is 6.35. The summed E-state index contributed by atoms with van der Waals surface area (Å²) < 4.78 is 5.78. The molecule has 0 spiro atoms. The molecule has 0 atom stereocenters. The Hall–Kier alpha value is -2.74. The second-order valence-electron chi connectivity index (χ2n) is 4.42. The van der Waals surface area contributed by atoms with Crippen LogP contribution in [0.2, 0.25) is 0 Å². The van der Waals surface area contributed by atoms with E-state index < -0.39 is 0 Å². The minimum Gasteiger partial charge on any atom is -0.508 e. The van der Waals surface area contributed by atoms with Crippen molar-refractivity contribution in [2.75, 3.05) is 0 Å². The van der Waals surface area contributed by atoms with E-state index in [1.165, 1.54) is 0 Å². The number of phenolic OH excluding ortho intramolecular Hbond substituents is 1. The molecule has 0 amide bonds. The molecule has 1 N–H and O–H groups in total. The third-order valence-electron chi connectivity index (χ3n) is 2.92. The van der Waals surface area contributed by atoms with Crippen LogP contribution in [0.4, 0.5) is 0 Å². The average Bonchev–Trinajstić information content (AvgIpc) is 2.49. The summed E-state index contributed by atoms with van der Waals surface area (Å²) in [7, 11) is 0. The number of hydrogen-bond donors (Lipinski definition) is 1. The van der Waals surface area contributed by atoms with E-state index in [1.807, 2.05) is 54.6 Å². The fourth-order valence-electron chi connectivity index (χ4n) is 1.99. The molecular weight excluding hydrogens is 248 g/mol. The van der Waals surface area contributed by atoms with Gasteiger partial charge in [0.2, 0.25) is 0 Å². The van der Waals surface area contributed by atoms with Gasteiger partial charge in [0.25, 0.3) is 0 Å². The molecule has 97 valence electrons. The second-order valence-corrected chi connectivity index (χ2v) is 4.42. The average molecular weight is 261 g/mol. The van der Waals surface area contributed by atoms with E-state index in [1.54, 1.807) is 18.2 Å². The van der Waals surface area contributed by atoms with Crippen LogP contribution < -0.4 is 4.74 Å². The molecule has 2 heteroatoms. The summed E-state index contributed by atoms with van der Waals surface area (Å²) in [6.45, 7) is 0. The highest BCUT2D eigenvalue weighted by molar-refractivity contribution is 5.66. The smallest absolute Gasteiger partial charge is 0.128 e. The molecule has 20 heavy (non-hydrogen) atoms. The van der Waals surface area contributed by atoms with E-state index in [0.717, 1.165) is 22.6 Å². The van der Waals surface area contributed by atoms with Gasteiger partial charge in [0.1, 0.15) is 17.2 Å². The predicted octanol–water partition coefficient (Wildman–Crippen LogP) is 4.65. The Morgan fingerprint density at radius 2 is 1.60 bits per heavy atom. The highest BCUT2D eigenvalue weighted by Crippen LogP contribution is 2.28. The Kier molecular flexibility index (Phi) is 3.38. The van der Waals surface area contributed by atoms with Crippen LogP contribution in [-0.2, 0) is 0 Å². The van der Waals surface area contributed by atoms with Crippen LogP contribution in [-0.4, -0.2) is 5.11 Å². The van der Waals surface area contributed by atoms with Gasteiger partial charge in [0, 0.05) is 0 Å². The van der Waals surface area contributed by atoms with Crippen molar-refractivity contribution in [3.8, 4) is 28.4 Å². The number of rotatable bonds is 3. The van der Waals surface area contributed by atoms with Crippen molar-refractivity contribution in [1.29, 1.82) is 0 Å². The lowest BCUT2D eigenvalue weighted by atomic mass is 10.1. The first-order valence-electron chi connectivity index (χ1n) is 6.35. The quantitative estimate of drug-likeness (QED) is 0.743. The minimum atomic E-state index is 0.247. The number of para-hydroxylation sites is 1. The van der Waals surface area contributed by atoms with Gasteiger partial charge in [-0.3, -0.25) is 0 Å². The van der Waals surface area contributed by atoms with Gasteiger partial charge in [-0.15, -0.1) is 0 Å². The summed E-state index contributed by atoms with van der Waals surface area (Å²) in [6.07, 6.45) is 0. The molecule has 0 aliphatic heterocycles. The molecule has 0 aliphatic rings. The molecule has 0 heterocycles. The van der Waals surface area contributed by atoms with Crippen LogP contribution >= 0.6 is 0 Å². The molecule has 0 aliphatic carbocycles. The van der Waals surface area contributed by atoms with Crippen molar-refractivity contribution in [2.45, 2.75) is 0 Å². The van der Waals surface area contributed by atoms with Crippen molar-refractivity contribution in [2.24, 2.45) is 0 Å². The van der Waals surface area contributed by atoms with Crippen LogP contribution in [0.3, 0.4) is 0 Å². The maximum Gasteiger partial charge on any atom is 0.128 e. The fourth-order valence-corrected chi connectivity index (χ4v) is 1.99. The number of aromatic hydroxyl groups is 1. The van der Waals surface area contributed by atoms with Crippen molar-refractivity contribution in [1.82, 2.24) is 0 Å². The number of benzene rings is 3. The van der Waals surface area contributed by atoms with E-state index in [9.17, 15) is 5.11 Å². The molecule has 0 saturated heterocycles. The van der Waals surface area contributed by atoms with E-state index in [0.29, 0.717) is 0 Å². The molecule has 0 aromatic heterocycles. The van der Waals surface area contributed by atoms with Gasteiger partial charge in [0.05, 0.1) is 0 Å². The predicted molar refractivity (Wildman–Crippen MR) is 78.9 cm³/mol. The Bertz CT molecular complexity index is 705. The zero-order chi connectivity index (χ0) is 13.8. The van der Waals surface area contributed by atoms with Gasteiger partial charge in [-0.1, -0.05) is 30.3 Å². The summed E-state index contributed by atoms with van der Waals surface area (Å²) >= 11 is 0. The van der Waals surface area contributed by atoms with Crippen LogP contribution in [0.5, 0.6) is 17.2 Å². The topological polar surface area (TPSA) is 29.5 Å². The van der Waals surface area contributed by atoms with Crippen LogP contribution in [0.1, 0.15) is 0 Å². The summed E-state index contributed by atoms with van der Waals surface area (Å²) in [4.78, 5) is 0. The standard InChI is InChI=1S/C18H13O2/c19-16-8-4-6-14(12-16)15-7-5-11-18(13-15)20-17-9-2-1-3-10-17/h1-4,6-13,19H. The summed E-state index contributed by atoms with van der Waals surface area (Å²) in [5.74, 6) is 1.75. The highest BCUT2D eigenvalue weighted by Gasteiger charge is 2.02. The third kappa shape index (κ3) is 2.81. The molecule has 0 unspecified atom stereocenters. The lowest BCUT2D eigenvalue weighted by Gasteiger charge is -2.08.